The Labute approximate surface area is 187 Å². The highest BCUT2D eigenvalue weighted by atomic mass is 32.1. The van der Waals surface area contributed by atoms with Crippen molar-refractivity contribution in [1.82, 2.24) is 15.1 Å². The third-order valence-electron chi connectivity index (χ3n) is 5.86. The molecule has 1 amide bonds. The molecule has 4 rings (SSSR count). The van der Waals surface area contributed by atoms with E-state index in [0.717, 1.165) is 36.1 Å². The van der Waals surface area contributed by atoms with E-state index in [2.05, 4.69) is 55.5 Å². The van der Waals surface area contributed by atoms with Crippen LogP contribution in [-0.2, 0) is 23.1 Å². The van der Waals surface area contributed by atoms with Crippen LogP contribution in [0.1, 0.15) is 78.6 Å². The summed E-state index contributed by atoms with van der Waals surface area (Å²) < 4.78 is 2.01. The molecule has 1 N–H and O–H groups in total. The zero-order valence-electron chi connectivity index (χ0n) is 18.6. The summed E-state index contributed by atoms with van der Waals surface area (Å²) in [7, 11) is 0. The molecule has 3 aromatic rings. The van der Waals surface area contributed by atoms with Crippen molar-refractivity contribution in [1.29, 1.82) is 0 Å². The van der Waals surface area contributed by atoms with Crippen LogP contribution in [-0.4, -0.2) is 21.5 Å². The first-order valence-electron chi connectivity index (χ1n) is 10.8. The van der Waals surface area contributed by atoms with Gasteiger partial charge in [0, 0.05) is 11.3 Å². The van der Waals surface area contributed by atoms with Gasteiger partial charge >= 0.3 is 0 Å². The second-order valence-electron chi connectivity index (χ2n) is 9.32. The summed E-state index contributed by atoms with van der Waals surface area (Å²) in [6, 6.07) is 10.4. The predicted octanol–water partition coefficient (Wildman–Crippen LogP) is 5.17. The van der Waals surface area contributed by atoms with Gasteiger partial charge in [-0.3, -0.25) is 9.59 Å². The van der Waals surface area contributed by atoms with Crippen molar-refractivity contribution in [3.8, 4) is 5.69 Å². The highest BCUT2D eigenvalue weighted by Gasteiger charge is 2.26. The SMILES string of the molecule is CC(=O)c1cc(CC(=O)N[C@@H]2CCCc3c2cnn3-c2ccc(C(C)(C)C)cc2)cs1. The van der Waals surface area contributed by atoms with Crippen LogP contribution in [0.25, 0.3) is 5.69 Å². The van der Waals surface area contributed by atoms with Gasteiger partial charge in [-0.15, -0.1) is 11.3 Å². The van der Waals surface area contributed by atoms with Crippen LogP contribution >= 0.6 is 11.3 Å². The lowest BCUT2D eigenvalue weighted by Gasteiger charge is -2.24. The first-order valence-corrected chi connectivity index (χ1v) is 11.7. The maximum absolute atomic E-state index is 12.7. The number of thiophene rings is 1. The van der Waals surface area contributed by atoms with Crippen LogP contribution in [0, 0.1) is 0 Å². The van der Waals surface area contributed by atoms with Crippen molar-refractivity contribution in [3.05, 3.63) is 69.2 Å². The Morgan fingerprint density at radius 1 is 1.23 bits per heavy atom. The van der Waals surface area contributed by atoms with Crippen molar-refractivity contribution in [2.24, 2.45) is 0 Å². The fraction of sp³-hybridized carbons (Fsp3) is 0.400. The number of Topliss-reactive ketones (excluding diaryl/α,β-unsaturated/α-hetero) is 1. The first kappa shape index (κ1) is 21.5. The van der Waals surface area contributed by atoms with Gasteiger partial charge in [0.05, 0.1) is 29.2 Å². The maximum atomic E-state index is 12.7. The van der Waals surface area contributed by atoms with Crippen LogP contribution in [0.15, 0.2) is 41.9 Å². The number of nitrogens with one attached hydrogen (secondary N) is 1. The third-order valence-corrected chi connectivity index (χ3v) is 6.94. The number of ketones is 1. The zero-order valence-corrected chi connectivity index (χ0v) is 19.4. The molecule has 0 radical (unpaired) electrons. The number of rotatable bonds is 5. The molecule has 0 saturated heterocycles. The van der Waals surface area contributed by atoms with Gasteiger partial charge in [0.25, 0.3) is 0 Å². The van der Waals surface area contributed by atoms with Gasteiger partial charge in [-0.2, -0.15) is 5.10 Å². The molecule has 1 aliphatic carbocycles. The van der Waals surface area contributed by atoms with E-state index in [4.69, 9.17) is 0 Å². The lowest BCUT2D eigenvalue weighted by molar-refractivity contribution is -0.121. The highest BCUT2D eigenvalue weighted by Crippen LogP contribution is 2.32. The molecule has 1 aromatic carbocycles. The van der Waals surface area contributed by atoms with Crippen molar-refractivity contribution in [2.45, 2.75) is 64.8 Å². The van der Waals surface area contributed by atoms with E-state index in [1.165, 1.54) is 22.6 Å². The number of hydrogen-bond donors (Lipinski definition) is 1. The summed E-state index contributed by atoms with van der Waals surface area (Å²) in [5.74, 6) is 0.0181. The molecule has 6 heteroatoms. The van der Waals surface area contributed by atoms with Crippen LogP contribution in [0.3, 0.4) is 0 Å². The summed E-state index contributed by atoms with van der Waals surface area (Å²) >= 11 is 1.39. The molecule has 0 fully saturated rings. The van der Waals surface area contributed by atoms with Gasteiger partial charge in [-0.1, -0.05) is 32.9 Å². The molecule has 1 aliphatic rings. The minimum absolute atomic E-state index is 0.0203. The number of hydrogen-bond acceptors (Lipinski definition) is 4. The Bertz CT molecular complexity index is 1100. The maximum Gasteiger partial charge on any atom is 0.224 e. The van der Waals surface area contributed by atoms with Gasteiger partial charge in [-0.25, -0.2) is 4.68 Å². The van der Waals surface area contributed by atoms with E-state index in [0.29, 0.717) is 4.88 Å². The number of aromatic nitrogens is 2. The number of carbonyl (C=O) groups excluding carboxylic acids is 2. The van der Waals surface area contributed by atoms with Crippen LogP contribution in [0.5, 0.6) is 0 Å². The van der Waals surface area contributed by atoms with E-state index < -0.39 is 0 Å². The first-order chi connectivity index (χ1) is 14.7. The van der Waals surface area contributed by atoms with E-state index in [-0.39, 0.29) is 29.6 Å². The number of carbonyl (C=O) groups is 2. The average Bonchev–Trinajstić information content (AvgIpc) is 3.35. The molecule has 0 saturated carbocycles. The minimum atomic E-state index is -0.0234. The normalized spacial score (nSPS) is 16.1. The molecule has 0 unspecified atom stereocenters. The summed E-state index contributed by atoms with van der Waals surface area (Å²) in [5, 5.41) is 9.73. The molecule has 0 bridgehead atoms. The van der Waals surface area contributed by atoms with Gasteiger partial charge in [-0.05, 0) is 66.3 Å². The molecule has 1 atom stereocenters. The highest BCUT2D eigenvalue weighted by molar-refractivity contribution is 7.12. The summed E-state index contributed by atoms with van der Waals surface area (Å²) in [6.45, 7) is 8.18. The quantitative estimate of drug-likeness (QED) is 0.562. The molecule has 2 aromatic heterocycles. The van der Waals surface area contributed by atoms with Crippen LogP contribution < -0.4 is 5.32 Å². The average molecular weight is 436 g/mol. The topological polar surface area (TPSA) is 64.0 Å². The van der Waals surface area contributed by atoms with Gasteiger partial charge in [0.1, 0.15) is 0 Å². The third kappa shape index (κ3) is 4.64. The Balaban J connectivity index is 1.49. The van der Waals surface area contributed by atoms with E-state index in [9.17, 15) is 9.59 Å². The van der Waals surface area contributed by atoms with Crippen LogP contribution in [0.2, 0.25) is 0 Å². The van der Waals surface area contributed by atoms with Gasteiger partial charge in [0.15, 0.2) is 5.78 Å². The monoisotopic (exact) mass is 435 g/mol. The molecule has 0 spiro atoms. The molecular formula is C25H29N3O2S. The molecule has 5 nitrogen and oxygen atoms in total. The second kappa shape index (κ2) is 8.42. The predicted molar refractivity (Wildman–Crippen MR) is 124 cm³/mol. The Morgan fingerprint density at radius 2 is 1.97 bits per heavy atom. The Hall–Kier alpha value is -2.73. The fourth-order valence-electron chi connectivity index (χ4n) is 4.12. The zero-order chi connectivity index (χ0) is 22.2. The lowest BCUT2D eigenvalue weighted by atomic mass is 9.87. The molecule has 162 valence electrons. The summed E-state index contributed by atoms with van der Waals surface area (Å²) in [4.78, 5) is 24.8. The minimum Gasteiger partial charge on any atom is -0.349 e. The van der Waals surface area contributed by atoms with Gasteiger partial charge in [0.2, 0.25) is 5.91 Å². The largest absolute Gasteiger partial charge is 0.349 e. The molecule has 0 aliphatic heterocycles. The van der Waals surface area contributed by atoms with E-state index >= 15 is 0 Å². The van der Waals surface area contributed by atoms with Crippen molar-refractivity contribution in [2.75, 3.05) is 0 Å². The molecule has 2 heterocycles. The number of nitrogens with zero attached hydrogens (tertiary/aromatic N) is 2. The van der Waals surface area contributed by atoms with Crippen molar-refractivity contribution < 1.29 is 9.59 Å². The summed E-state index contributed by atoms with van der Waals surface area (Å²) in [5.41, 5.74) is 5.63. The number of fused-ring (bicyclic) bond motifs is 1. The smallest absolute Gasteiger partial charge is 0.224 e. The number of benzene rings is 1. The standard InChI is InChI=1S/C25H29N3O2S/c1-16(29)23-12-17(15-31-23)13-24(30)27-21-6-5-7-22-20(21)14-26-28(22)19-10-8-18(9-11-19)25(2,3)4/h8-12,14-15,21H,5-7,13H2,1-4H3,(H,27,30)/t21-/m1/s1. The molecular weight excluding hydrogens is 406 g/mol. The second-order valence-corrected chi connectivity index (χ2v) is 10.2. The lowest BCUT2D eigenvalue weighted by Crippen LogP contribution is -2.32. The van der Waals surface area contributed by atoms with E-state index in [1.54, 1.807) is 6.92 Å². The summed E-state index contributed by atoms with van der Waals surface area (Å²) in [6.07, 6.45) is 5.06. The Morgan fingerprint density at radius 3 is 2.61 bits per heavy atom. The fourth-order valence-corrected chi connectivity index (χ4v) is 4.93. The van der Waals surface area contributed by atoms with E-state index in [1.807, 2.05) is 22.3 Å². The number of amides is 1. The van der Waals surface area contributed by atoms with Crippen molar-refractivity contribution in [3.63, 3.8) is 0 Å². The van der Waals surface area contributed by atoms with Crippen LogP contribution in [0.4, 0.5) is 0 Å². The molecule has 31 heavy (non-hydrogen) atoms. The van der Waals surface area contributed by atoms with Gasteiger partial charge < -0.3 is 5.32 Å². The Kier molecular flexibility index (Phi) is 5.84. The van der Waals surface area contributed by atoms with Crippen molar-refractivity contribution >= 4 is 23.0 Å².